The fourth-order valence-electron chi connectivity index (χ4n) is 5.37. The molecule has 2 fully saturated rings. The third-order valence-corrected chi connectivity index (χ3v) is 10.6. The van der Waals surface area contributed by atoms with Gasteiger partial charge in [-0.25, -0.2) is 34.7 Å². The van der Waals surface area contributed by atoms with E-state index < -0.39 is 49.3 Å². The molecule has 0 aliphatic carbocycles. The Kier molecular flexibility index (Phi) is 8.19. The van der Waals surface area contributed by atoms with E-state index in [0.717, 1.165) is 6.07 Å². The zero-order valence-electron chi connectivity index (χ0n) is 20.2. The zero-order chi connectivity index (χ0) is 27.0. The Morgan fingerprint density at radius 3 is 2.19 bits per heavy atom. The van der Waals surface area contributed by atoms with Crippen LogP contribution in [0.4, 0.5) is 13.2 Å². The lowest BCUT2D eigenvalue weighted by atomic mass is 9.83. The molecule has 4 atom stereocenters. The predicted molar refractivity (Wildman–Crippen MR) is 131 cm³/mol. The van der Waals surface area contributed by atoms with Crippen LogP contribution in [0.5, 0.6) is 5.75 Å². The van der Waals surface area contributed by atoms with Crippen molar-refractivity contribution < 1.29 is 34.7 Å². The van der Waals surface area contributed by atoms with Crippen LogP contribution in [0.25, 0.3) is 0 Å². The Morgan fingerprint density at radius 1 is 1.00 bits per heavy atom. The van der Waals surface area contributed by atoms with E-state index in [9.17, 15) is 30.0 Å². The average molecular weight is 562 g/mol. The summed E-state index contributed by atoms with van der Waals surface area (Å²) in [4.78, 5) is -0.00181. The highest BCUT2D eigenvalue weighted by Gasteiger charge is 2.47. The number of fused-ring (bicyclic) bond motifs is 2. The third-order valence-electron chi connectivity index (χ3n) is 7.20. The lowest BCUT2D eigenvalue weighted by Gasteiger charge is -2.40. The van der Waals surface area contributed by atoms with Crippen LogP contribution in [-0.2, 0) is 26.5 Å². The molecule has 2 aliphatic heterocycles. The molecule has 0 saturated carbocycles. The number of nitrogens with one attached hydrogen (secondary N) is 1. The largest absolute Gasteiger partial charge is 0.497 e. The number of nitrogens with two attached hydrogens (primary N) is 1. The van der Waals surface area contributed by atoms with Crippen molar-refractivity contribution in [2.75, 3.05) is 19.4 Å². The Morgan fingerprint density at radius 2 is 1.59 bits per heavy atom. The molecule has 0 aromatic heterocycles. The van der Waals surface area contributed by atoms with E-state index in [1.165, 1.54) is 35.7 Å². The van der Waals surface area contributed by atoms with Gasteiger partial charge in [-0.3, -0.25) is 0 Å². The van der Waals surface area contributed by atoms with Gasteiger partial charge in [-0.05, 0) is 73.9 Å². The molecule has 2 aliphatic rings. The number of hydrogen-bond donors (Lipinski definition) is 2. The first kappa shape index (κ1) is 27.8. The number of rotatable bonds is 10. The minimum absolute atomic E-state index is 0.00181. The minimum Gasteiger partial charge on any atom is -0.497 e. The maximum atomic E-state index is 14.1. The molecule has 2 aromatic carbocycles. The average Bonchev–Trinajstić information content (AvgIpc) is 3.13. The van der Waals surface area contributed by atoms with Gasteiger partial charge in [-0.15, -0.1) is 0 Å². The standard InChI is InChI=1S/C24H30F3N3O5S2/c1-35-19-4-6-20(7-5-19)37(33,34)29-8-9-36(31,32)30-17-2-3-18(30)11-16(10-17)24(28)13-15-12-22(26)23(27)14-21(15)25/h4-7,12,14,16-18,24,29H,2-3,8-11,13,28H2,1H3/t16-,17-,18+,24-/m1/s1. The predicted octanol–water partition coefficient (Wildman–Crippen LogP) is 2.53. The van der Waals surface area contributed by atoms with Gasteiger partial charge in [0, 0.05) is 30.7 Å². The van der Waals surface area contributed by atoms with Gasteiger partial charge in [0.1, 0.15) is 11.6 Å². The molecule has 204 valence electrons. The maximum absolute atomic E-state index is 14.1. The zero-order valence-corrected chi connectivity index (χ0v) is 21.9. The summed E-state index contributed by atoms with van der Waals surface area (Å²) in [5.74, 6) is -3.30. The molecule has 0 amide bonds. The van der Waals surface area contributed by atoms with Crippen molar-refractivity contribution in [1.82, 2.24) is 9.03 Å². The van der Waals surface area contributed by atoms with E-state index in [0.29, 0.717) is 37.5 Å². The molecule has 13 heteroatoms. The highest BCUT2D eigenvalue weighted by molar-refractivity contribution is 7.90. The van der Waals surface area contributed by atoms with Crippen LogP contribution >= 0.6 is 0 Å². The van der Waals surface area contributed by atoms with Crippen molar-refractivity contribution >= 4 is 20.0 Å². The molecule has 2 bridgehead atoms. The van der Waals surface area contributed by atoms with Gasteiger partial charge >= 0.3 is 0 Å². The smallest absolute Gasteiger partial charge is 0.240 e. The highest BCUT2D eigenvalue weighted by atomic mass is 32.2. The minimum atomic E-state index is -3.89. The quantitative estimate of drug-likeness (QED) is 0.431. The Balaban J connectivity index is 1.36. The molecule has 8 nitrogen and oxygen atoms in total. The van der Waals surface area contributed by atoms with E-state index in [2.05, 4.69) is 4.72 Å². The Bertz CT molecular complexity index is 1330. The molecule has 2 aromatic rings. The van der Waals surface area contributed by atoms with Crippen LogP contribution in [-0.4, -0.2) is 58.7 Å². The summed E-state index contributed by atoms with van der Waals surface area (Å²) < 4.78 is 101. The first-order chi connectivity index (χ1) is 17.4. The highest BCUT2D eigenvalue weighted by Crippen LogP contribution is 2.42. The second-order valence-electron chi connectivity index (χ2n) is 9.56. The van der Waals surface area contributed by atoms with Crippen LogP contribution in [0.3, 0.4) is 0 Å². The van der Waals surface area contributed by atoms with Crippen molar-refractivity contribution in [3.63, 3.8) is 0 Å². The van der Waals surface area contributed by atoms with Gasteiger partial charge in [0.15, 0.2) is 11.6 Å². The molecule has 4 rings (SSSR count). The van der Waals surface area contributed by atoms with Crippen LogP contribution < -0.4 is 15.2 Å². The molecule has 0 radical (unpaired) electrons. The molecule has 2 heterocycles. The number of ether oxygens (including phenoxy) is 1. The van der Waals surface area contributed by atoms with Crippen molar-refractivity contribution in [2.24, 2.45) is 11.7 Å². The Hall–Kier alpha value is -2.19. The molecular formula is C24H30F3N3O5S2. The summed E-state index contributed by atoms with van der Waals surface area (Å²) >= 11 is 0. The number of halogens is 3. The lowest BCUT2D eigenvalue weighted by molar-refractivity contribution is 0.170. The van der Waals surface area contributed by atoms with Gasteiger partial charge < -0.3 is 10.5 Å². The van der Waals surface area contributed by atoms with Crippen molar-refractivity contribution in [3.8, 4) is 5.75 Å². The number of benzene rings is 2. The summed E-state index contributed by atoms with van der Waals surface area (Å²) in [5.41, 5.74) is 6.29. The van der Waals surface area contributed by atoms with Gasteiger partial charge in [-0.2, -0.15) is 4.31 Å². The van der Waals surface area contributed by atoms with Crippen molar-refractivity contribution in [3.05, 3.63) is 59.4 Å². The number of sulfonamides is 2. The third kappa shape index (κ3) is 6.11. The SMILES string of the molecule is COc1ccc(S(=O)(=O)NCCS(=O)(=O)N2[C@@H]3CC[C@H]2C[C@H]([C@H](N)Cc2cc(F)c(F)cc2F)C3)cc1. The molecule has 3 N–H and O–H groups in total. The van der Waals surface area contributed by atoms with Crippen LogP contribution in [0.2, 0.25) is 0 Å². The molecule has 0 unspecified atom stereocenters. The van der Waals surface area contributed by atoms with E-state index >= 15 is 0 Å². The monoisotopic (exact) mass is 561 g/mol. The maximum Gasteiger partial charge on any atom is 0.240 e. The summed E-state index contributed by atoms with van der Waals surface area (Å²) in [6, 6.07) is 5.90. The van der Waals surface area contributed by atoms with E-state index in [4.69, 9.17) is 10.5 Å². The number of methoxy groups -OCH3 is 1. The number of piperidine rings is 1. The van der Waals surface area contributed by atoms with Gasteiger partial charge in [0.25, 0.3) is 0 Å². The summed E-state index contributed by atoms with van der Waals surface area (Å²) in [5, 5.41) is 0. The van der Waals surface area contributed by atoms with Crippen molar-refractivity contribution in [1.29, 1.82) is 0 Å². The van der Waals surface area contributed by atoms with Crippen LogP contribution in [0.15, 0.2) is 41.3 Å². The lowest BCUT2D eigenvalue weighted by Crippen LogP contribution is -2.51. The van der Waals surface area contributed by atoms with E-state index in [1.807, 2.05) is 0 Å². The first-order valence-electron chi connectivity index (χ1n) is 11.9. The summed E-state index contributed by atoms with van der Waals surface area (Å²) in [7, 11) is -6.20. The number of hydrogen-bond acceptors (Lipinski definition) is 6. The second kappa shape index (κ2) is 10.9. The molecular weight excluding hydrogens is 531 g/mol. The second-order valence-corrected chi connectivity index (χ2v) is 13.3. The van der Waals surface area contributed by atoms with Crippen LogP contribution in [0.1, 0.15) is 31.2 Å². The van der Waals surface area contributed by atoms with E-state index in [1.54, 1.807) is 0 Å². The fourth-order valence-corrected chi connectivity index (χ4v) is 8.39. The fraction of sp³-hybridized carbons (Fsp3) is 0.500. The molecule has 0 spiro atoms. The topological polar surface area (TPSA) is 119 Å². The van der Waals surface area contributed by atoms with Gasteiger partial charge in [0.2, 0.25) is 20.0 Å². The Labute approximate surface area is 215 Å². The van der Waals surface area contributed by atoms with Gasteiger partial charge in [-0.1, -0.05) is 0 Å². The first-order valence-corrected chi connectivity index (χ1v) is 15.0. The van der Waals surface area contributed by atoms with E-state index in [-0.39, 0.29) is 41.4 Å². The summed E-state index contributed by atoms with van der Waals surface area (Å²) in [6.45, 7) is -0.287. The summed E-state index contributed by atoms with van der Waals surface area (Å²) in [6.07, 6.45) is 2.21. The molecule has 37 heavy (non-hydrogen) atoms. The van der Waals surface area contributed by atoms with Crippen molar-refractivity contribution in [2.45, 2.75) is 55.1 Å². The molecule has 2 saturated heterocycles. The number of nitrogens with zero attached hydrogens (tertiary/aromatic N) is 1. The van der Waals surface area contributed by atoms with Crippen LogP contribution in [0, 0.1) is 23.4 Å². The normalized spacial score (nSPS) is 23.2. The van der Waals surface area contributed by atoms with Gasteiger partial charge in [0.05, 0.1) is 17.8 Å².